The predicted octanol–water partition coefficient (Wildman–Crippen LogP) is 3.64. The summed E-state index contributed by atoms with van der Waals surface area (Å²) in [4.78, 5) is 36.5. The molecule has 180 valence electrons. The van der Waals surface area contributed by atoms with E-state index in [-0.39, 0.29) is 25.5 Å². The number of rotatable bonds is 6. The molecule has 2 atom stereocenters. The third-order valence-electron chi connectivity index (χ3n) is 6.36. The number of carbonyl (C=O) groups is 3. The fraction of sp³-hybridized carbons (Fsp3) is 0.375. The maximum Gasteiger partial charge on any atom is 0.407 e. The van der Waals surface area contributed by atoms with Crippen molar-refractivity contribution in [3.8, 4) is 11.1 Å². The first-order valence-electron chi connectivity index (χ1n) is 10.8. The number of hydrogen-bond donors (Lipinski definition) is 2. The molecule has 1 heterocycles. The van der Waals surface area contributed by atoms with Gasteiger partial charge < -0.3 is 20.1 Å². The van der Waals surface area contributed by atoms with Gasteiger partial charge in [-0.05, 0) is 22.3 Å². The highest BCUT2D eigenvalue weighted by Gasteiger charge is 2.53. The number of fused-ring (bicyclic) bond motifs is 3. The quantitative estimate of drug-likeness (QED) is 0.664. The number of alkyl carbamates (subject to hydrolysis) is 1. The third-order valence-corrected chi connectivity index (χ3v) is 6.36. The Bertz CT molecular complexity index is 1060. The highest BCUT2D eigenvalue weighted by Crippen LogP contribution is 2.44. The molecule has 1 fully saturated rings. The van der Waals surface area contributed by atoms with E-state index in [0.29, 0.717) is 0 Å². The second kappa shape index (κ2) is 9.36. The van der Waals surface area contributed by atoms with Crippen molar-refractivity contribution in [1.82, 2.24) is 10.2 Å². The van der Waals surface area contributed by atoms with Crippen LogP contribution in [0.15, 0.2) is 48.5 Å². The van der Waals surface area contributed by atoms with E-state index in [2.05, 4.69) is 5.32 Å². The molecule has 0 spiro atoms. The molecule has 10 heteroatoms. The molecule has 0 bridgehead atoms. The van der Waals surface area contributed by atoms with Crippen LogP contribution in [-0.2, 0) is 14.3 Å². The minimum absolute atomic E-state index is 0.0908. The monoisotopic (exact) mass is 476 g/mol. The molecule has 2 aromatic rings. The molecule has 4 rings (SSSR count). The van der Waals surface area contributed by atoms with Crippen LogP contribution >= 0.6 is 0 Å². The zero-order chi connectivity index (χ0) is 24.5. The number of ether oxygens (including phenoxy) is 1. The number of aliphatic carboxylic acids is 1. The SMILES string of the molecule is O=C(NCCC(=O)N1C[C@@H](C(F)(F)F)[C@H](C(=O)O)C1)OCC1c2ccccc2-c2ccccc21. The van der Waals surface area contributed by atoms with E-state index in [0.717, 1.165) is 27.2 Å². The molecule has 1 saturated heterocycles. The minimum Gasteiger partial charge on any atom is -0.481 e. The van der Waals surface area contributed by atoms with Crippen molar-refractivity contribution in [3.05, 3.63) is 59.7 Å². The Morgan fingerprint density at radius 2 is 1.59 bits per heavy atom. The van der Waals surface area contributed by atoms with Gasteiger partial charge in [-0.15, -0.1) is 0 Å². The molecule has 2 aromatic carbocycles. The van der Waals surface area contributed by atoms with E-state index in [1.807, 2.05) is 48.5 Å². The molecule has 7 nitrogen and oxygen atoms in total. The van der Waals surface area contributed by atoms with Gasteiger partial charge in [0.2, 0.25) is 5.91 Å². The highest BCUT2D eigenvalue weighted by atomic mass is 19.4. The third kappa shape index (κ3) is 4.71. The summed E-state index contributed by atoms with van der Waals surface area (Å²) >= 11 is 0. The molecule has 2 amide bonds. The first-order chi connectivity index (χ1) is 16.2. The minimum atomic E-state index is -4.71. The summed E-state index contributed by atoms with van der Waals surface area (Å²) in [6.45, 7) is -1.26. The Hall–Kier alpha value is -3.56. The summed E-state index contributed by atoms with van der Waals surface area (Å²) in [6, 6.07) is 15.7. The zero-order valence-corrected chi connectivity index (χ0v) is 18.0. The number of benzene rings is 2. The van der Waals surface area contributed by atoms with Crippen molar-refractivity contribution in [2.24, 2.45) is 11.8 Å². The van der Waals surface area contributed by atoms with Gasteiger partial charge in [0.1, 0.15) is 6.61 Å². The Balaban J connectivity index is 1.27. The van der Waals surface area contributed by atoms with Crippen molar-refractivity contribution in [1.29, 1.82) is 0 Å². The largest absolute Gasteiger partial charge is 0.481 e. The van der Waals surface area contributed by atoms with Crippen molar-refractivity contribution < 1.29 is 37.4 Å². The lowest BCUT2D eigenvalue weighted by Crippen LogP contribution is -2.35. The van der Waals surface area contributed by atoms with Crippen molar-refractivity contribution in [3.63, 3.8) is 0 Å². The molecular weight excluding hydrogens is 453 g/mol. The van der Waals surface area contributed by atoms with Crippen LogP contribution in [0.4, 0.5) is 18.0 Å². The van der Waals surface area contributed by atoms with Gasteiger partial charge in [-0.3, -0.25) is 9.59 Å². The van der Waals surface area contributed by atoms with Gasteiger partial charge in [0, 0.05) is 32.0 Å². The smallest absolute Gasteiger partial charge is 0.407 e. The van der Waals surface area contributed by atoms with Gasteiger partial charge >= 0.3 is 18.2 Å². The van der Waals surface area contributed by atoms with Crippen LogP contribution in [0.1, 0.15) is 23.5 Å². The second-order valence-electron chi connectivity index (χ2n) is 8.39. The van der Waals surface area contributed by atoms with Gasteiger partial charge in [0.15, 0.2) is 0 Å². The number of nitrogens with zero attached hydrogens (tertiary/aromatic N) is 1. The van der Waals surface area contributed by atoms with E-state index in [1.54, 1.807) is 0 Å². The summed E-state index contributed by atoms with van der Waals surface area (Å²) in [5.74, 6) is -6.17. The van der Waals surface area contributed by atoms with E-state index < -0.39 is 49.1 Å². The molecule has 1 aliphatic heterocycles. The van der Waals surface area contributed by atoms with Gasteiger partial charge in [-0.1, -0.05) is 48.5 Å². The number of amides is 2. The van der Waals surface area contributed by atoms with Crippen LogP contribution in [0.5, 0.6) is 0 Å². The molecule has 0 aromatic heterocycles. The Kier molecular flexibility index (Phi) is 6.49. The second-order valence-corrected chi connectivity index (χ2v) is 8.39. The Morgan fingerprint density at radius 3 is 2.12 bits per heavy atom. The maximum absolute atomic E-state index is 13.1. The first-order valence-corrected chi connectivity index (χ1v) is 10.8. The van der Waals surface area contributed by atoms with Crippen LogP contribution in [0.3, 0.4) is 0 Å². The molecule has 2 N–H and O–H groups in total. The molecule has 2 aliphatic rings. The summed E-state index contributed by atoms with van der Waals surface area (Å²) in [5, 5.41) is 11.5. The highest BCUT2D eigenvalue weighted by molar-refractivity contribution is 5.80. The summed E-state index contributed by atoms with van der Waals surface area (Å²) in [7, 11) is 0. The number of carbonyl (C=O) groups excluding carboxylic acids is 2. The Labute approximate surface area is 193 Å². The van der Waals surface area contributed by atoms with Crippen LogP contribution < -0.4 is 5.32 Å². The van der Waals surface area contributed by atoms with Gasteiger partial charge in [0.25, 0.3) is 0 Å². The number of halogens is 3. The van der Waals surface area contributed by atoms with Crippen molar-refractivity contribution in [2.45, 2.75) is 18.5 Å². The van der Waals surface area contributed by atoms with E-state index in [1.165, 1.54) is 0 Å². The molecule has 1 aliphatic carbocycles. The van der Waals surface area contributed by atoms with E-state index >= 15 is 0 Å². The standard InChI is InChI=1S/C24H23F3N2O5/c25-24(26,27)20-12-29(11-18(20)22(31)32)21(30)9-10-28-23(33)34-13-19-16-7-3-1-5-14(16)15-6-2-4-8-17(15)19/h1-8,18-20H,9-13H2,(H,28,33)(H,31,32)/t18-,20-/m1/s1. The Morgan fingerprint density at radius 1 is 1.00 bits per heavy atom. The number of alkyl halides is 3. The van der Waals surface area contributed by atoms with Crippen LogP contribution in [-0.4, -0.2) is 60.4 Å². The van der Waals surface area contributed by atoms with Gasteiger partial charge in [-0.2, -0.15) is 13.2 Å². The molecule has 0 radical (unpaired) electrons. The lowest BCUT2D eigenvalue weighted by Gasteiger charge is -2.18. The van der Waals surface area contributed by atoms with Crippen LogP contribution in [0.2, 0.25) is 0 Å². The maximum atomic E-state index is 13.1. The van der Waals surface area contributed by atoms with Crippen LogP contribution in [0, 0.1) is 11.8 Å². The number of carboxylic acid groups (broad SMARTS) is 1. The molecule has 0 saturated carbocycles. The number of nitrogens with one attached hydrogen (secondary N) is 1. The fourth-order valence-electron chi connectivity index (χ4n) is 4.67. The number of likely N-dealkylation sites (tertiary alicyclic amines) is 1. The average Bonchev–Trinajstić information content (AvgIpc) is 3.38. The number of carboxylic acids is 1. The van der Waals surface area contributed by atoms with E-state index in [4.69, 9.17) is 9.84 Å². The van der Waals surface area contributed by atoms with Gasteiger partial charge in [0.05, 0.1) is 11.8 Å². The molecule has 0 unspecified atom stereocenters. The molecular formula is C24H23F3N2O5. The number of hydrogen-bond acceptors (Lipinski definition) is 4. The lowest BCUT2D eigenvalue weighted by atomic mass is 9.96. The fourth-order valence-corrected chi connectivity index (χ4v) is 4.67. The summed E-state index contributed by atoms with van der Waals surface area (Å²) < 4.78 is 44.6. The van der Waals surface area contributed by atoms with E-state index in [9.17, 15) is 27.6 Å². The first kappa shape index (κ1) is 23.6. The van der Waals surface area contributed by atoms with Crippen molar-refractivity contribution in [2.75, 3.05) is 26.2 Å². The zero-order valence-electron chi connectivity index (χ0n) is 18.0. The van der Waals surface area contributed by atoms with Crippen LogP contribution in [0.25, 0.3) is 11.1 Å². The van der Waals surface area contributed by atoms with Crippen molar-refractivity contribution >= 4 is 18.0 Å². The molecule has 34 heavy (non-hydrogen) atoms. The van der Waals surface area contributed by atoms with Gasteiger partial charge in [-0.25, -0.2) is 4.79 Å². The average molecular weight is 476 g/mol. The normalized spacial score (nSPS) is 19.4. The predicted molar refractivity (Wildman–Crippen MR) is 115 cm³/mol. The summed E-state index contributed by atoms with van der Waals surface area (Å²) in [5.41, 5.74) is 4.26. The summed E-state index contributed by atoms with van der Waals surface area (Å²) in [6.07, 6.45) is -5.72. The lowest BCUT2D eigenvalue weighted by molar-refractivity contribution is -0.188. The topological polar surface area (TPSA) is 95.9 Å².